The molecule has 102 heavy (non-hydrogen) atoms. The molecule has 16 nitrogen and oxygen atoms in total. The number of ketones is 2. The van der Waals surface area contributed by atoms with E-state index in [4.69, 9.17) is 4.74 Å². The van der Waals surface area contributed by atoms with E-state index in [1.165, 1.54) is 7.11 Å². The van der Waals surface area contributed by atoms with Gasteiger partial charge in [0.05, 0.1) is 30.8 Å². The van der Waals surface area contributed by atoms with E-state index in [0.29, 0.717) is 95.2 Å². The summed E-state index contributed by atoms with van der Waals surface area (Å²) in [5.74, 6) is 15.2. The van der Waals surface area contributed by atoms with Crippen LogP contribution in [0.2, 0.25) is 0 Å². The highest BCUT2D eigenvalue weighted by atomic mass is 16.5. The lowest BCUT2D eigenvalue weighted by Gasteiger charge is -2.42. The minimum Gasteiger partial charge on any atom is -0.508 e. The van der Waals surface area contributed by atoms with Gasteiger partial charge in [-0.1, -0.05) is 122 Å². The Morgan fingerprint density at radius 3 is 2.38 bits per heavy atom. The molecule has 1 aromatic heterocycles. The summed E-state index contributed by atoms with van der Waals surface area (Å²) in [4.78, 5) is 34.5. The molecular formula is C86H94N4O12. The first-order valence-corrected chi connectivity index (χ1v) is 37.1. The van der Waals surface area contributed by atoms with E-state index in [9.17, 15) is 50.8 Å². The average molecular weight is 1380 g/mol. The number of aryl methyl sites for hydroxylation is 1. The van der Waals surface area contributed by atoms with Crippen LogP contribution in [0.4, 0.5) is 5.69 Å². The number of Topliss-reactive ketones (excluding diaryl/α,β-unsaturated/α-hetero) is 2. The Labute approximate surface area is 596 Å². The van der Waals surface area contributed by atoms with Gasteiger partial charge in [0, 0.05) is 97.4 Å². The van der Waals surface area contributed by atoms with Gasteiger partial charge in [0.15, 0.2) is 35.5 Å². The Kier molecular flexibility index (Phi) is 19.8. The van der Waals surface area contributed by atoms with Crippen LogP contribution in [0.5, 0.6) is 23.0 Å². The van der Waals surface area contributed by atoms with Gasteiger partial charge in [-0.15, -0.1) is 0 Å². The van der Waals surface area contributed by atoms with Crippen LogP contribution in [0.15, 0.2) is 138 Å². The number of H-pyrrole nitrogens is 1. The quantitative estimate of drug-likeness (QED) is 0.0338. The summed E-state index contributed by atoms with van der Waals surface area (Å²) in [5, 5.41) is 122. The highest BCUT2D eigenvalue weighted by Crippen LogP contribution is 2.54. The standard InChI is InChI=1S/C86H94N4O12/c1-46-43-87-45-63(92)36-55-14-12-50-15-20-60(40-74(50)82(55)97)90-85-69-23-16-49-11-13-51-28-48(30-70(49)51)10-21-65(78(95)41-61-35-59(46)44-89-61)57-34-58-33-53-17-22-67(72-42-79(96)80(102-2)39-54(72)19-25-77(94)84(99)83(98)73(53)37-57)66-9-4-3-8-64(66)56-32-52(18-24-76(93)81(58)68(69)26-27-88-85)71(75(38-56)86(100)101)31-47-6-5-7-62(91)29-47/h3-9,11-15,20,26,29,35,39-40,42,44,46,48-49,51-53,56-58,63,65,67,70-71,73,75-76,78,81,84,86-93,95-97,99-101H,10,19,21,25,27-28,30-34,36-38,41,43,45H2,1-2H3. The summed E-state index contributed by atoms with van der Waals surface area (Å²) in [6.07, 6.45) is 6.92. The molecule has 9 aliphatic rings. The summed E-state index contributed by atoms with van der Waals surface area (Å²) in [5.41, 5.74) is 8.02. The van der Waals surface area contributed by atoms with Crippen LogP contribution >= 0.6 is 0 Å². The number of ether oxygens (including phenoxy) is 1. The lowest BCUT2D eigenvalue weighted by Crippen LogP contribution is -2.40. The lowest BCUT2D eigenvalue weighted by molar-refractivity contribution is -0.142. The molecule has 0 amide bonds. The van der Waals surface area contributed by atoms with Crippen molar-refractivity contribution in [2.24, 2.45) is 76.9 Å². The number of hydrogen-bond acceptors (Lipinski definition) is 15. The normalized spacial score (nSPS) is 33.0. The summed E-state index contributed by atoms with van der Waals surface area (Å²) in [7, 11) is 1.45. The van der Waals surface area contributed by atoms with E-state index in [1.807, 2.05) is 66.9 Å². The number of aliphatic hydroxyl groups is 6. The van der Waals surface area contributed by atoms with Crippen LogP contribution < -0.4 is 20.7 Å². The monoisotopic (exact) mass is 1370 g/mol. The molecule has 6 aromatic rings. The van der Waals surface area contributed by atoms with Crippen LogP contribution in [-0.2, 0) is 35.3 Å². The van der Waals surface area contributed by atoms with Crippen molar-refractivity contribution < 1.29 is 60.3 Å². The smallest absolute Gasteiger partial charge is 0.173 e. The summed E-state index contributed by atoms with van der Waals surface area (Å²) >= 11 is 0. The molecule has 13 N–H and O–H groups in total. The maximum atomic E-state index is 16.0. The van der Waals surface area contributed by atoms with Crippen molar-refractivity contribution in [2.45, 2.75) is 145 Å². The number of aromatic nitrogens is 1. The molecule has 530 valence electrons. The molecule has 3 fully saturated rings. The number of anilines is 1. The zero-order valence-electron chi connectivity index (χ0n) is 57.9. The van der Waals surface area contributed by atoms with Gasteiger partial charge >= 0.3 is 0 Å². The minimum atomic E-state index is -2.02. The number of hydrogen-bond donors (Lipinski definition) is 13. The number of aromatic amines is 1. The van der Waals surface area contributed by atoms with Crippen LogP contribution in [0.1, 0.15) is 134 Å². The second-order valence-electron chi connectivity index (χ2n) is 31.1. The largest absolute Gasteiger partial charge is 0.508 e. The third-order valence-electron chi connectivity index (χ3n) is 24.9. The minimum absolute atomic E-state index is 0.00242. The van der Waals surface area contributed by atoms with Crippen LogP contribution in [0.25, 0.3) is 10.8 Å². The number of methoxy groups -OCH3 is 1. The number of phenols is 3. The van der Waals surface area contributed by atoms with Crippen LogP contribution in [0, 0.1) is 112 Å². The highest BCUT2D eigenvalue weighted by molar-refractivity contribution is 6.06. The molecule has 5 aromatic carbocycles. The maximum absolute atomic E-state index is 16.0. The number of β-amino-alcohol motifs (C(OH)–C–C–N with tert-alkyl or cyclic N) is 1. The van der Waals surface area contributed by atoms with Gasteiger partial charge in [0.1, 0.15) is 23.4 Å². The second-order valence-corrected chi connectivity index (χ2v) is 31.1. The predicted octanol–water partition coefficient (Wildman–Crippen LogP) is 10.1. The fraction of sp³-hybridized carbons (Fsp3) is 0.465. The Hall–Kier alpha value is -8.60. The third-order valence-corrected chi connectivity index (χ3v) is 24.9. The fourth-order valence-electron chi connectivity index (χ4n) is 19.7. The first-order valence-electron chi connectivity index (χ1n) is 37.1. The van der Waals surface area contributed by atoms with Crippen molar-refractivity contribution in [3.8, 4) is 58.5 Å². The highest BCUT2D eigenvalue weighted by Gasteiger charge is 2.49. The molecule has 15 rings (SSSR count). The zero-order valence-corrected chi connectivity index (χ0v) is 57.9. The number of allylic oxidation sites excluding steroid dienone is 3. The van der Waals surface area contributed by atoms with Crippen LogP contribution in [0.3, 0.4) is 0 Å². The van der Waals surface area contributed by atoms with Crippen molar-refractivity contribution in [3.05, 3.63) is 183 Å². The number of carbonyl (C=O) groups is 2. The number of nitrogens with one attached hydrogen (secondary N) is 4. The van der Waals surface area contributed by atoms with Gasteiger partial charge in [-0.05, 0) is 210 Å². The van der Waals surface area contributed by atoms with Crippen molar-refractivity contribution in [1.29, 1.82) is 0 Å². The summed E-state index contributed by atoms with van der Waals surface area (Å²) in [6, 6.07) is 30.0. The van der Waals surface area contributed by atoms with Gasteiger partial charge in [-0.3, -0.25) is 9.59 Å². The number of phenolic OH excluding ortho intramolecular Hbond substituents is 3. The number of fused-ring (bicyclic) bond motifs is 13. The van der Waals surface area contributed by atoms with Gasteiger partial charge in [-0.2, -0.15) is 0 Å². The van der Waals surface area contributed by atoms with Gasteiger partial charge in [-0.25, -0.2) is 0 Å². The SMILES string of the molecule is COc1cc2c(cc1O)C1C#CC3CC4CC(CC3C(=O)C(O)C(=O)CC2)C2CCC3CC5C=CC(C#CC6=C(NCC=C6C4C(O)C#CC4CC(CC(C(O)O)C4Cc4cccc(O)c4)c4ccccc41)Nc1ccc4ccc(c(O)c4c1)CC(O)CNCC(C)c1c[nH]c(c1)CC2O)C5C3. The molecule has 20 atom stereocenters. The number of dihydropyridines is 1. The van der Waals surface area contributed by atoms with Crippen molar-refractivity contribution in [2.75, 3.05) is 32.1 Å². The Balaban J connectivity index is 0.992. The topological polar surface area (TPSA) is 277 Å². The first-order chi connectivity index (χ1) is 49.4. The van der Waals surface area contributed by atoms with E-state index in [1.54, 1.807) is 30.3 Å². The van der Waals surface area contributed by atoms with Crippen molar-refractivity contribution in [1.82, 2.24) is 15.6 Å². The molecule has 3 saturated carbocycles. The fourth-order valence-corrected chi connectivity index (χ4v) is 19.7. The summed E-state index contributed by atoms with van der Waals surface area (Å²) in [6.45, 7) is 3.22. The second kappa shape index (κ2) is 29.3. The number of rotatable bonds is 4. The Bertz CT molecular complexity index is 4490. The molecule has 3 heterocycles. The third kappa shape index (κ3) is 13.9. The zero-order chi connectivity index (χ0) is 70.6. The van der Waals surface area contributed by atoms with E-state index < -0.39 is 101 Å². The number of carbonyl (C=O) groups excluding carboxylic acids is 2. The average Bonchev–Trinajstić information content (AvgIpc) is 1.15. The summed E-state index contributed by atoms with van der Waals surface area (Å²) < 4.78 is 5.73. The van der Waals surface area contributed by atoms with Gasteiger partial charge < -0.3 is 71.6 Å². The molecule has 7 aliphatic carbocycles. The predicted molar refractivity (Wildman–Crippen MR) is 389 cm³/mol. The molecule has 17 bridgehead atoms. The van der Waals surface area contributed by atoms with E-state index in [0.717, 1.165) is 52.6 Å². The Morgan fingerprint density at radius 2 is 1.55 bits per heavy atom. The van der Waals surface area contributed by atoms with Gasteiger partial charge in [0.2, 0.25) is 0 Å². The molecule has 16 heteroatoms. The lowest BCUT2D eigenvalue weighted by atomic mass is 9.63. The van der Waals surface area contributed by atoms with E-state index in [2.05, 4.69) is 87.7 Å². The molecule has 20 unspecified atom stereocenters. The number of benzene rings is 5. The van der Waals surface area contributed by atoms with Crippen molar-refractivity contribution >= 4 is 28.0 Å². The molecule has 0 radical (unpaired) electrons. The van der Waals surface area contributed by atoms with Crippen LogP contribution in [-0.4, -0.2) is 120 Å². The molecular weight excluding hydrogens is 1280 g/mol. The van der Waals surface area contributed by atoms with E-state index in [-0.39, 0.29) is 98.3 Å². The van der Waals surface area contributed by atoms with Gasteiger partial charge in [0.25, 0.3) is 0 Å². The van der Waals surface area contributed by atoms with Crippen molar-refractivity contribution in [3.63, 3.8) is 0 Å². The Morgan fingerprint density at radius 1 is 0.716 bits per heavy atom. The number of aromatic hydroxyl groups is 3. The molecule has 2 aliphatic heterocycles. The first kappa shape index (κ1) is 69.1. The molecule has 0 saturated heterocycles. The maximum Gasteiger partial charge on any atom is 0.173 e. The molecule has 0 spiro atoms. The number of aliphatic hydroxyl groups excluding tert-OH is 5. The van der Waals surface area contributed by atoms with E-state index >= 15 is 4.79 Å².